The van der Waals surface area contributed by atoms with Crippen LogP contribution >= 0.6 is 0 Å². The average Bonchev–Trinajstić information content (AvgIpc) is 3.59. The minimum absolute atomic E-state index is 0.0848. The predicted octanol–water partition coefficient (Wildman–Crippen LogP) is 7.40. The maximum absolute atomic E-state index is 15.8. The van der Waals surface area contributed by atoms with Gasteiger partial charge in [0.15, 0.2) is 6.04 Å². The van der Waals surface area contributed by atoms with E-state index in [9.17, 15) is 27.6 Å². The monoisotopic (exact) mass is 705 g/mol. The Hall–Kier alpha value is -3.48. The highest BCUT2D eigenvalue weighted by Crippen LogP contribution is 2.42. The summed E-state index contributed by atoms with van der Waals surface area (Å²) in [6.45, 7) is 5.96. The molecule has 2 aliphatic carbocycles. The molecule has 4 atom stereocenters. The number of aromatic nitrogens is 2. The fourth-order valence-electron chi connectivity index (χ4n) is 8.25. The van der Waals surface area contributed by atoms with E-state index in [4.69, 9.17) is 4.74 Å². The van der Waals surface area contributed by atoms with Crippen LogP contribution in [0.2, 0.25) is 0 Å². The van der Waals surface area contributed by atoms with E-state index < -0.39 is 60.4 Å². The first-order chi connectivity index (χ1) is 23.8. The van der Waals surface area contributed by atoms with Crippen LogP contribution in [-0.2, 0) is 14.3 Å². The van der Waals surface area contributed by atoms with Crippen molar-refractivity contribution in [1.29, 1.82) is 0 Å². The molecule has 4 unspecified atom stereocenters. The third-order valence-corrected chi connectivity index (χ3v) is 10.9. The number of anilines is 1. The third kappa shape index (κ3) is 8.69. The Bertz CT molecular complexity index is 1470. The molecule has 1 saturated heterocycles. The molecular formula is C37H51F4N5O4. The van der Waals surface area contributed by atoms with Crippen LogP contribution < -0.4 is 10.6 Å². The van der Waals surface area contributed by atoms with Crippen LogP contribution in [0, 0.1) is 23.6 Å². The lowest BCUT2D eigenvalue weighted by atomic mass is 9.66. The zero-order valence-electron chi connectivity index (χ0n) is 29.5. The Morgan fingerprint density at radius 2 is 1.56 bits per heavy atom. The zero-order chi connectivity index (χ0) is 36.2. The van der Waals surface area contributed by atoms with E-state index in [0.717, 1.165) is 75.2 Å². The summed E-state index contributed by atoms with van der Waals surface area (Å²) in [6.07, 6.45) is 6.58. The summed E-state index contributed by atoms with van der Waals surface area (Å²) in [7, 11) is 0. The van der Waals surface area contributed by atoms with Crippen molar-refractivity contribution < 1.29 is 36.7 Å². The van der Waals surface area contributed by atoms with Crippen molar-refractivity contribution in [2.75, 3.05) is 18.5 Å². The highest BCUT2D eigenvalue weighted by Gasteiger charge is 2.49. The van der Waals surface area contributed by atoms with Crippen molar-refractivity contribution in [1.82, 2.24) is 20.0 Å². The number of morpholine rings is 1. The molecule has 3 amide bonds. The van der Waals surface area contributed by atoms with Gasteiger partial charge in [-0.1, -0.05) is 70.3 Å². The lowest BCUT2D eigenvalue weighted by molar-refractivity contribution is -0.221. The van der Waals surface area contributed by atoms with Gasteiger partial charge in [0.05, 0.1) is 24.3 Å². The molecule has 0 spiro atoms. The van der Waals surface area contributed by atoms with Crippen molar-refractivity contribution in [3.63, 3.8) is 0 Å². The number of carbonyl (C=O) groups is 3. The number of alkyl halides is 3. The van der Waals surface area contributed by atoms with Crippen molar-refractivity contribution in [2.45, 2.75) is 128 Å². The maximum Gasteiger partial charge on any atom is 0.411 e. The second-order valence-electron chi connectivity index (χ2n) is 14.7. The van der Waals surface area contributed by atoms with Gasteiger partial charge in [-0.25, -0.2) is 4.39 Å². The Kier molecular flexibility index (Phi) is 12.3. The van der Waals surface area contributed by atoms with E-state index >= 15 is 4.39 Å². The quantitative estimate of drug-likeness (QED) is 0.251. The number of nitrogens with zero attached hydrogens (tertiary/aromatic N) is 3. The summed E-state index contributed by atoms with van der Waals surface area (Å²) in [5.41, 5.74) is 0.379. The minimum atomic E-state index is -4.68. The number of carbonyl (C=O) groups excluding carboxylic acids is 3. The van der Waals surface area contributed by atoms with Gasteiger partial charge in [-0.3, -0.25) is 19.1 Å². The molecule has 1 aliphatic heterocycles. The molecule has 1 aromatic heterocycles. The molecule has 2 heterocycles. The largest absolute Gasteiger partial charge is 0.411 e. The average molecular weight is 706 g/mol. The van der Waals surface area contributed by atoms with Gasteiger partial charge in [0.2, 0.25) is 11.8 Å². The fraction of sp³-hybridized carbons (Fsp3) is 0.676. The summed E-state index contributed by atoms with van der Waals surface area (Å²) in [4.78, 5) is 42.2. The molecule has 13 heteroatoms. The Morgan fingerprint density at radius 3 is 2.12 bits per heavy atom. The number of amides is 3. The van der Waals surface area contributed by atoms with Crippen molar-refractivity contribution in [3.05, 3.63) is 47.5 Å². The van der Waals surface area contributed by atoms with Gasteiger partial charge < -0.3 is 20.3 Å². The summed E-state index contributed by atoms with van der Waals surface area (Å²) >= 11 is 0. The van der Waals surface area contributed by atoms with Gasteiger partial charge in [-0.05, 0) is 69.2 Å². The predicted molar refractivity (Wildman–Crippen MR) is 181 cm³/mol. The fourth-order valence-corrected chi connectivity index (χ4v) is 8.25. The first kappa shape index (κ1) is 37.8. The van der Waals surface area contributed by atoms with Gasteiger partial charge in [0.1, 0.15) is 17.6 Å². The first-order valence-corrected chi connectivity index (χ1v) is 18.2. The molecular weight excluding hydrogens is 654 g/mol. The standard InChI is InChI=1S/C37H51F4N5O4/c1-22(2)46-30(17-18-42-46)34(47)44-33(32(25-11-7-5-8-12-25)26-13-9-6-10-14-26)35(48)43-29-16-15-27(19-28(29)38)24(4)36(49)45-20-23(3)50-21-31(45)37(39,40)41/h15-19,22-26,31-33H,5-14,20-21H2,1-4H3,(H,43,48)(H,44,47). The Morgan fingerprint density at radius 1 is 0.940 bits per heavy atom. The van der Waals surface area contributed by atoms with Gasteiger partial charge in [0.25, 0.3) is 5.91 Å². The number of ether oxygens (including phenoxy) is 1. The topological polar surface area (TPSA) is 106 Å². The summed E-state index contributed by atoms with van der Waals surface area (Å²) in [6, 6.07) is 2.37. The van der Waals surface area contributed by atoms with Crippen LogP contribution in [0.5, 0.6) is 0 Å². The van der Waals surface area contributed by atoms with Crippen molar-refractivity contribution in [2.24, 2.45) is 17.8 Å². The van der Waals surface area contributed by atoms with Crippen molar-refractivity contribution >= 4 is 23.4 Å². The summed E-state index contributed by atoms with van der Waals surface area (Å²) in [5.74, 6) is -3.35. The molecule has 276 valence electrons. The van der Waals surface area contributed by atoms with Crippen LogP contribution in [0.1, 0.15) is 120 Å². The normalized spacial score (nSPS) is 22.4. The smallest absolute Gasteiger partial charge is 0.374 e. The van der Waals surface area contributed by atoms with E-state index in [1.54, 1.807) is 23.9 Å². The van der Waals surface area contributed by atoms with Gasteiger partial charge >= 0.3 is 6.18 Å². The number of hydrogen-bond acceptors (Lipinski definition) is 5. The molecule has 2 aromatic rings. The lowest BCUT2D eigenvalue weighted by Gasteiger charge is -2.42. The molecule has 5 rings (SSSR count). The zero-order valence-corrected chi connectivity index (χ0v) is 29.5. The van der Waals surface area contributed by atoms with Gasteiger partial charge in [-0.15, -0.1) is 0 Å². The Balaban J connectivity index is 1.41. The number of rotatable bonds is 10. The molecule has 50 heavy (non-hydrogen) atoms. The highest BCUT2D eigenvalue weighted by molar-refractivity contribution is 6.01. The molecule has 2 N–H and O–H groups in total. The highest BCUT2D eigenvalue weighted by atomic mass is 19.4. The third-order valence-electron chi connectivity index (χ3n) is 10.9. The van der Waals surface area contributed by atoms with E-state index in [-0.39, 0.29) is 41.6 Å². The van der Waals surface area contributed by atoms with Crippen LogP contribution in [0.25, 0.3) is 0 Å². The van der Waals surface area contributed by atoms with E-state index in [0.29, 0.717) is 5.69 Å². The first-order valence-electron chi connectivity index (χ1n) is 18.2. The van der Waals surface area contributed by atoms with Crippen LogP contribution in [-0.4, -0.2) is 69.9 Å². The van der Waals surface area contributed by atoms with Crippen LogP contribution in [0.4, 0.5) is 23.2 Å². The second-order valence-corrected chi connectivity index (χ2v) is 14.7. The molecule has 1 aromatic carbocycles. The van der Waals surface area contributed by atoms with Crippen LogP contribution in [0.15, 0.2) is 30.5 Å². The van der Waals surface area contributed by atoms with E-state index in [2.05, 4.69) is 15.7 Å². The summed E-state index contributed by atoms with van der Waals surface area (Å²) < 4.78 is 63.8. The molecule has 0 radical (unpaired) electrons. The molecule has 2 saturated carbocycles. The second kappa shape index (κ2) is 16.2. The van der Waals surface area contributed by atoms with Crippen LogP contribution in [0.3, 0.4) is 0 Å². The number of nitrogens with one attached hydrogen (secondary N) is 2. The Labute approximate surface area is 291 Å². The molecule has 9 nitrogen and oxygen atoms in total. The molecule has 0 bridgehead atoms. The minimum Gasteiger partial charge on any atom is -0.374 e. The number of halogens is 4. The summed E-state index contributed by atoms with van der Waals surface area (Å²) in [5, 5.41) is 10.1. The molecule has 3 fully saturated rings. The molecule has 3 aliphatic rings. The SMILES string of the molecule is CC1CN(C(=O)C(C)c2ccc(NC(=O)C(NC(=O)c3ccnn3C(C)C)C(C3CCCCC3)C3CCCCC3)c(F)c2)C(C(F)(F)F)CO1. The van der Waals surface area contributed by atoms with E-state index in [1.165, 1.54) is 19.1 Å². The van der Waals surface area contributed by atoms with Gasteiger partial charge in [0, 0.05) is 18.8 Å². The maximum atomic E-state index is 15.8. The van der Waals surface area contributed by atoms with Crippen molar-refractivity contribution in [3.8, 4) is 0 Å². The lowest BCUT2D eigenvalue weighted by Crippen LogP contribution is -2.58. The van der Waals surface area contributed by atoms with Gasteiger partial charge in [-0.2, -0.15) is 18.3 Å². The van der Waals surface area contributed by atoms with E-state index in [1.807, 2.05) is 13.8 Å². The number of benzene rings is 1. The number of hydrogen-bond donors (Lipinski definition) is 2.